The van der Waals surface area contributed by atoms with Crippen molar-refractivity contribution in [2.75, 3.05) is 60.4 Å². The van der Waals surface area contributed by atoms with Gasteiger partial charge in [-0.05, 0) is 92.4 Å². The molecule has 0 bridgehead atoms. The highest BCUT2D eigenvalue weighted by molar-refractivity contribution is 5.99. The van der Waals surface area contributed by atoms with Crippen molar-refractivity contribution in [3.8, 4) is 0 Å². The number of benzene rings is 2. The smallest absolute Gasteiger partial charge is 0.410 e. The maximum atomic E-state index is 14.8. The third-order valence-corrected chi connectivity index (χ3v) is 17.5. The monoisotopic (exact) mass is 1350 g/mol. The van der Waals surface area contributed by atoms with E-state index in [1.54, 1.807) is 109 Å². The number of urea groups is 1. The Hall–Kier alpha value is -8.17. The lowest BCUT2D eigenvalue weighted by atomic mass is 9.89. The molecular formula is C69H109N11O16. The van der Waals surface area contributed by atoms with Crippen LogP contribution in [-0.4, -0.2) is 195 Å². The van der Waals surface area contributed by atoms with Crippen LogP contribution in [0.4, 0.5) is 15.3 Å². The third-order valence-electron chi connectivity index (χ3n) is 17.5. The highest BCUT2D eigenvalue weighted by Gasteiger charge is 2.44. The molecule has 1 aliphatic heterocycles. The zero-order valence-electron chi connectivity index (χ0n) is 58.9. The van der Waals surface area contributed by atoms with Crippen molar-refractivity contribution in [2.24, 2.45) is 35.3 Å². The number of nitrogens with two attached hydrogens (primary N) is 1. The van der Waals surface area contributed by atoms with Gasteiger partial charge in [-0.2, -0.15) is 0 Å². The minimum Gasteiger partial charge on any atom is -0.466 e. The minimum absolute atomic E-state index is 0.0816. The average Bonchev–Trinajstić information content (AvgIpc) is 1.34. The number of unbranched alkanes of at least 4 members (excludes halogenated alkanes) is 2. The number of carbonyl (C=O) groups excluding carboxylic acids is 11. The summed E-state index contributed by atoms with van der Waals surface area (Å²) in [5, 5.41) is 30.3. The van der Waals surface area contributed by atoms with E-state index in [4.69, 9.17) is 19.9 Å². The molecule has 0 aromatic heterocycles. The predicted octanol–water partition coefficient (Wildman–Crippen LogP) is 5.00. The first-order chi connectivity index (χ1) is 45.4. The standard InChI is InChI=1S/C69H109N11O16/c1-16-44(8)60(52(93-13)39-55(83)80-38-24-28-51(80)62(95-15)45(9)63(86)73-46(10)61(85)48-25-19-17-20-26-48)78(11)67(90)58(42(4)5)77-66(89)59(43(6)7)79(12)69(92)96-40-47-30-32-49(33-31-47)74-64(87)50(27-23-37-72-68(70)91)75-65(88)57(41(2)3)76-54(82)29-21-18-22-36-71-53(81)34-35-56(84)94-14/h17,19-20,25-26,30-35,41-46,50-52,57-62,85H,16,18,21-24,27-29,36-40H2,1-15H3,(H,71,81)(H,73,86)(H,74,87)(H,75,88)(H,76,82)(H,77,89)(H3,70,72,91)/b35-34-/t44-,45+,46+,50-,51-,52+,57-,58-,59-,60-,61+,62+/m0/s1. The first-order valence-corrected chi connectivity index (χ1v) is 33.3. The van der Waals surface area contributed by atoms with E-state index in [1.165, 1.54) is 33.3 Å². The molecule has 1 fully saturated rings. The molecular weight excluding hydrogens is 1240 g/mol. The molecule has 1 saturated heterocycles. The number of amides is 11. The summed E-state index contributed by atoms with van der Waals surface area (Å²) >= 11 is 0. The van der Waals surface area contributed by atoms with Gasteiger partial charge in [-0.15, -0.1) is 0 Å². The molecule has 1 aliphatic rings. The molecule has 2 aromatic rings. The average molecular weight is 1350 g/mol. The molecule has 27 nitrogen and oxygen atoms in total. The maximum absolute atomic E-state index is 14.8. The second-order valence-corrected chi connectivity index (χ2v) is 25.8. The van der Waals surface area contributed by atoms with E-state index in [0.717, 1.165) is 12.2 Å². The van der Waals surface area contributed by atoms with Crippen molar-refractivity contribution in [3.63, 3.8) is 0 Å². The molecule has 3 rings (SSSR count). The maximum Gasteiger partial charge on any atom is 0.410 e. The van der Waals surface area contributed by atoms with Crippen molar-refractivity contribution in [3.05, 3.63) is 77.9 Å². The Morgan fingerprint density at radius 2 is 1.34 bits per heavy atom. The first-order valence-electron chi connectivity index (χ1n) is 33.3. The van der Waals surface area contributed by atoms with Crippen molar-refractivity contribution < 1.29 is 76.8 Å². The van der Waals surface area contributed by atoms with Crippen molar-refractivity contribution in [1.29, 1.82) is 0 Å². The highest BCUT2D eigenvalue weighted by Crippen LogP contribution is 2.31. The summed E-state index contributed by atoms with van der Waals surface area (Å²) in [6.07, 6.45) is 2.68. The lowest BCUT2D eigenvalue weighted by Gasteiger charge is -2.41. The fourth-order valence-electron chi connectivity index (χ4n) is 11.7. The molecule has 27 heteroatoms. The Bertz CT molecular complexity index is 2880. The van der Waals surface area contributed by atoms with Gasteiger partial charge < -0.3 is 76.8 Å². The zero-order chi connectivity index (χ0) is 71.9. The van der Waals surface area contributed by atoms with Crippen LogP contribution >= 0.6 is 0 Å². The van der Waals surface area contributed by atoms with E-state index in [-0.39, 0.29) is 68.4 Å². The second-order valence-electron chi connectivity index (χ2n) is 25.8. The number of primary amides is 1. The van der Waals surface area contributed by atoms with E-state index in [9.17, 15) is 57.8 Å². The number of hydrogen-bond donors (Lipinski definition) is 9. The Morgan fingerprint density at radius 1 is 0.698 bits per heavy atom. The summed E-state index contributed by atoms with van der Waals surface area (Å²) in [7, 11) is 7.27. The molecule has 0 unspecified atom stereocenters. The predicted molar refractivity (Wildman–Crippen MR) is 362 cm³/mol. The molecule has 12 atom stereocenters. The second kappa shape index (κ2) is 41.7. The number of ether oxygens (including phenoxy) is 4. The van der Waals surface area contributed by atoms with Gasteiger partial charge in [-0.1, -0.05) is 118 Å². The number of carbonyl (C=O) groups is 11. The molecule has 0 aliphatic carbocycles. The number of anilines is 1. The van der Waals surface area contributed by atoms with Crippen molar-refractivity contribution in [1.82, 2.24) is 46.6 Å². The molecule has 536 valence electrons. The number of likely N-dealkylation sites (N-methyl/N-ethyl adjacent to an activating group) is 2. The van der Waals surface area contributed by atoms with Crippen LogP contribution in [0.1, 0.15) is 151 Å². The number of aliphatic hydroxyl groups is 1. The number of aliphatic hydroxyl groups excluding tert-OH is 1. The molecule has 1 heterocycles. The SMILES string of the molecule is CC[C@H](C)[C@@H]([C@@H](CC(=O)N1CCC[C@H]1[C@H](OC)[C@@H](C)C(=O)N[C@H](C)[C@@H](O)c1ccccc1)OC)N(C)C(=O)[C@@H](NC(=O)[C@H](C(C)C)N(C)C(=O)OCc1ccc(NC(=O)[C@H](CCCNC(N)=O)NC(=O)[C@@H](NC(=O)CCCCCNC(=O)/C=C\C(=O)OC)C(C)C)cc1)C(C)C. The van der Waals surface area contributed by atoms with E-state index >= 15 is 0 Å². The van der Waals surface area contributed by atoms with Gasteiger partial charge in [0, 0.05) is 72.2 Å². The van der Waals surface area contributed by atoms with Gasteiger partial charge in [0.15, 0.2) is 0 Å². The summed E-state index contributed by atoms with van der Waals surface area (Å²) < 4.78 is 22.2. The molecule has 10 N–H and O–H groups in total. The minimum atomic E-state index is -1.12. The Labute approximate surface area is 566 Å². The number of methoxy groups -OCH3 is 3. The van der Waals surface area contributed by atoms with Gasteiger partial charge in [0.25, 0.3) is 0 Å². The Balaban J connectivity index is 1.67. The van der Waals surface area contributed by atoms with Gasteiger partial charge in [-0.3, -0.25) is 43.3 Å². The third kappa shape index (κ3) is 26.1. The molecule has 96 heavy (non-hydrogen) atoms. The van der Waals surface area contributed by atoms with Gasteiger partial charge in [0.1, 0.15) is 30.8 Å². The zero-order valence-corrected chi connectivity index (χ0v) is 58.9. The van der Waals surface area contributed by atoms with Gasteiger partial charge in [-0.25, -0.2) is 14.4 Å². The summed E-state index contributed by atoms with van der Waals surface area (Å²) in [6.45, 7) is 18.7. The van der Waals surface area contributed by atoms with E-state index in [1.807, 2.05) is 32.0 Å². The van der Waals surface area contributed by atoms with Gasteiger partial charge in [0.05, 0.1) is 55.9 Å². The van der Waals surface area contributed by atoms with E-state index < -0.39 is 126 Å². The summed E-state index contributed by atoms with van der Waals surface area (Å²) in [5.74, 6) is -6.40. The van der Waals surface area contributed by atoms with Crippen molar-refractivity contribution in [2.45, 2.75) is 201 Å². The van der Waals surface area contributed by atoms with Crippen LogP contribution in [0.15, 0.2) is 66.7 Å². The number of nitrogens with one attached hydrogen (secondary N) is 7. The molecule has 0 radical (unpaired) electrons. The molecule has 2 aromatic carbocycles. The lowest BCUT2D eigenvalue weighted by molar-refractivity contribution is -0.148. The van der Waals surface area contributed by atoms with Crippen LogP contribution in [0.2, 0.25) is 0 Å². The van der Waals surface area contributed by atoms with Crippen LogP contribution < -0.4 is 43.0 Å². The Kier molecular flexibility index (Phi) is 35.7. The normalized spacial score (nSPS) is 16.5. The number of hydrogen-bond acceptors (Lipinski definition) is 16. The van der Waals surface area contributed by atoms with E-state index in [2.05, 4.69) is 42.0 Å². The van der Waals surface area contributed by atoms with Crippen LogP contribution in [0.25, 0.3) is 0 Å². The number of rotatable bonds is 40. The quantitative estimate of drug-likeness (QED) is 0.0241. The topological polar surface area (TPSA) is 365 Å². The van der Waals surface area contributed by atoms with E-state index in [0.29, 0.717) is 68.4 Å². The summed E-state index contributed by atoms with van der Waals surface area (Å²) in [4.78, 5) is 151. The lowest BCUT2D eigenvalue weighted by Crippen LogP contribution is -2.60. The van der Waals surface area contributed by atoms with Crippen LogP contribution in [0.5, 0.6) is 0 Å². The van der Waals surface area contributed by atoms with Crippen LogP contribution in [0, 0.1) is 29.6 Å². The number of esters is 1. The first kappa shape index (κ1) is 82.1. The molecule has 11 amide bonds. The number of nitrogens with zero attached hydrogens (tertiary/aromatic N) is 3. The fraction of sp³-hybridized carbons (Fsp3) is 0.638. The largest absolute Gasteiger partial charge is 0.466 e. The van der Waals surface area contributed by atoms with Crippen LogP contribution in [-0.2, 0) is 68.7 Å². The molecule has 0 spiro atoms. The summed E-state index contributed by atoms with van der Waals surface area (Å²) in [5.41, 5.74) is 6.77. The van der Waals surface area contributed by atoms with Crippen LogP contribution in [0.3, 0.4) is 0 Å². The fourth-order valence-corrected chi connectivity index (χ4v) is 11.7. The summed E-state index contributed by atoms with van der Waals surface area (Å²) in [6, 6.07) is 8.71. The number of likely N-dealkylation sites (tertiary alicyclic amines) is 1. The van der Waals surface area contributed by atoms with Crippen molar-refractivity contribution >= 4 is 71.0 Å². The highest BCUT2D eigenvalue weighted by atomic mass is 16.6. The Morgan fingerprint density at radius 3 is 1.93 bits per heavy atom. The van der Waals surface area contributed by atoms with Gasteiger partial charge in [0.2, 0.25) is 47.3 Å². The van der Waals surface area contributed by atoms with Gasteiger partial charge >= 0.3 is 18.1 Å². The molecule has 0 saturated carbocycles.